The Balaban J connectivity index is 1.03. The molecule has 0 bridgehead atoms. The number of benzene rings is 8. The molecule has 1 aliphatic rings. The lowest BCUT2D eigenvalue weighted by atomic mass is 10.0. The molecule has 1 N–H and O–H groups in total. The molecule has 52 heavy (non-hydrogen) atoms. The average molecular weight is 667 g/mol. The van der Waals surface area contributed by atoms with Crippen molar-refractivity contribution in [3.05, 3.63) is 187 Å². The highest BCUT2D eigenvalue weighted by Crippen LogP contribution is 2.36. The average Bonchev–Trinajstić information content (AvgIpc) is 3.75. The zero-order valence-electron chi connectivity index (χ0n) is 28.0. The van der Waals surface area contributed by atoms with Gasteiger partial charge < -0.3 is 14.3 Å². The fraction of sp³-hybridized carbons (Fsp3) is 0.0213. The highest BCUT2D eigenvalue weighted by atomic mass is 16.3. The summed E-state index contributed by atoms with van der Waals surface area (Å²) in [6.07, 6.45) is -0.321. The predicted molar refractivity (Wildman–Crippen MR) is 215 cm³/mol. The molecule has 2 aromatic heterocycles. The molecule has 5 heteroatoms. The first kappa shape index (κ1) is 28.8. The maximum atomic E-state index is 6.64. The zero-order valence-corrected chi connectivity index (χ0v) is 28.0. The molecule has 0 fully saturated rings. The second-order valence-electron chi connectivity index (χ2n) is 13.5. The largest absolute Gasteiger partial charge is 0.456 e. The van der Waals surface area contributed by atoms with Crippen LogP contribution in [0.3, 0.4) is 0 Å². The third-order valence-electron chi connectivity index (χ3n) is 10.4. The first-order valence-corrected chi connectivity index (χ1v) is 17.6. The summed E-state index contributed by atoms with van der Waals surface area (Å²) in [6.45, 7) is 0. The maximum Gasteiger partial charge on any atom is 0.159 e. The first-order valence-electron chi connectivity index (χ1n) is 17.6. The van der Waals surface area contributed by atoms with E-state index >= 15 is 0 Å². The van der Waals surface area contributed by atoms with Crippen molar-refractivity contribution in [3.8, 4) is 5.69 Å². The molecule has 1 atom stereocenters. The first-order chi connectivity index (χ1) is 25.7. The fourth-order valence-electron chi connectivity index (χ4n) is 7.86. The van der Waals surface area contributed by atoms with Crippen LogP contribution in [0.15, 0.2) is 184 Å². The number of hydrogen-bond donors (Lipinski definition) is 1. The van der Waals surface area contributed by atoms with Gasteiger partial charge in [-0.25, -0.2) is 9.98 Å². The summed E-state index contributed by atoms with van der Waals surface area (Å²) in [4.78, 5) is 10.3. The van der Waals surface area contributed by atoms with E-state index in [2.05, 4.69) is 180 Å². The normalized spacial score (nSPS) is 14.7. The predicted octanol–water partition coefficient (Wildman–Crippen LogP) is 11.5. The van der Waals surface area contributed by atoms with Gasteiger partial charge in [0.2, 0.25) is 0 Å². The number of nitrogens with zero attached hydrogens (tertiary/aromatic N) is 3. The van der Waals surface area contributed by atoms with Gasteiger partial charge in [0.25, 0.3) is 0 Å². The highest BCUT2D eigenvalue weighted by Gasteiger charge is 2.23. The second-order valence-corrected chi connectivity index (χ2v) is 13.5. The molecule has 0 aliphatic carbocycles. The monoisotopic (exact) mass is 666 g/mol. The molecule has 1 unspecified atom stereocenters. The van der Waals surface area contributed by atoms with Gasteiger partial charge in [-0.2, -0.15) is 0 Å². The van der Waals surface area contributed by atoms with E-state index in [0.717, 1.165) is 55.5 Å². The molecule has 8 aromatic carbocycles. The lowest BCUT2D eigenvalue weighted by molar-refractivity contribution is 0.666. The van der Waals surface area contributed by atoms with Crippen molar-refractivity contribution in [3.63, 3.8) is 0 Å². The summed E-state index contributed by atoms with van der Waals surface area (Å²) >= 11 is 0. The van der Waals surface area contributed by atoms with Gasteiger partial charge in [-0.15, -0.1) is 0 Å². The number of aliphatic imine (C=N–C) groups is 2. The molecule has 11 rings (SSSR count). The number of fused-ring (bicyclic) bond motifs is 8. The van der Waals surface area contributed by atoms with Gasteiger partial charge >= 0.3 is 0 Å². The lowest BCUT2D eigenvalue weighted by Gasteiger charge is -2.24. The van der Waals surface area contributed by atoms with Crippen molar-refractivity contribution in [2.24, 2.45) is 9.98 Å². The third-order valence-corrected chi connectivity index (χ3v) is 10.4. The Hall–Kier alpha value is -6.98. The number of para-hydroxylation sites is 2. The molecule has 0 saturated heterocycles. The van der Waals surface area contributed by atoms with Gasteiger partial charge in [-0.3, -0.25) is 0 Å². The van der Waals surface area contributed by atoms with E-state index in [9.17, 15) is 0 Å². The number of rotatable bonds is 4. The minimum absolute atomic E-state index is 0.321. The standard InChI is InChI=1S/C47H30N4O/c1-3-11-31-25-33(19-17-29(31)9-1)45-48-46(34-20-18-30-10-2-4-12-32(30)26-34)50-47(49-45)35-21-23-39-40-24-22-36(28-44(40)52-43(39)27-35)51-41-15-7-5-13-37(41)38-14-6-8-16-42(38)51/h1-28,45H,(H,48,49,50). The Morgan fingerprint density at radius 1 is 0.481 bits per heavy atom. The van der Waals surface area contributed by atoms with Crippen molar-refractivity contribution in [2.75, 3.05) is 0 Å². The van der Waals surface area contributed by atoms with Gasteiger partial charge in [0, 0.05) is 44.4 Å². The van der Waals surface area contributed by atoms with Gasteiger partial charge in [0.05, 0.1) is 11.0 Å². The van der Waals surface area contributed by atoms with E-state index in [-0.39, 0.29) is 6.17 Å². The highest BCUT2D eigenvalue weighted by molar-refractivity contribution is 6.16. The van der Waals surface area contributed by atoms with Crippen LogP contribution in [0.25, 0.3) is 71.0 Å². The molecule has 0 radical (unpaired) electrons. The SMILES string of the molecule is c1ccc2cc(C3=NC(c4ccc5ccccc5c4)NC(c4ccc5c(c4)oc4cc(-n6c7ccccc7c7ccccc76)ccc45)=N3)ccc2c1. The van der Waals surface area contributed by atoms with E-state index in [1.165, 1.54) is 38.0 Å². The quantitative estimate of drug-likeness (QED) is 0.203. The Kier molecular flexibility index (Phi) is 6.25. The van der Waals surface area contributed by atoms with E-state index in [1.54, 1.807) is 0 Å². The van der Waals surface area contributed by atoms with Gasteiger partial charge in [-0.1, -0.05) is 115 Å². The molecule has 5 nitrogen and oxygen atoms in total. The number of amidine groups is 2. The Morgan fingerprint density at radius 3 is 1.83 bits per heavy atom. The van der Waals surface area contributed by atoms with Crippen LogP contribution in [0.5, 0.6) is 0 Å². The molecule has 244 valence electrons. The summed E-state index contributed by atoms with van der Waals surface area (Å²) in [5, 5.41) is 13.0. The van der Waals surface area contributed by atoms with Gasteiger partial charge in [0.1, 0.15) is 23.2 Å². The van der Waals surface area contributed by atoms with Crippen LogP contribution < -0.4 is 5.32 Å². The van der Waals surface area contributed by atoms with Gasteiger partial charge in [-0.05, 0) is 75.6 Å². The summed E-state index contributed by atoms with van der Waals surface area (Å²) < 4.78 is 8.96. The van der Waals surface area contributed by atoms with Crippen LogP contribution in [0.2, 0.25) is 0 Å². The van der Waals surface area contributed by atoms with Crippen LogP contribution >= 0.6 is 0 Å². The summed E-state index contributed by atoms with van der Waals surface area (Å²) in [6, 6.07) is 59.8. The minimum atomic E-state index is -0.321. The van der Waals surface area contributed by atoms with Gasteiger partial charge in [0.15, 0.2) is 5.84 Å². The van der Waals surface area contributed by atoms with Crippen molar-refractivity contribution in [1.29, 1.82) is 0 Å². The van der Waals surface area contributed by atoms with Crippen LogP contribution in [0.4, 0.5) is 0 Å². The Bertz CT molecular complexity index is 3070. The van der Waals surface area contributed by atoms with E-state index < -0.39 is 0 Å². The van der Waals surface area contributed by atoms with Crippen molar-refractivity contribution in [2.45, 2.75) is 6.17 Å². The van der Waals surface area contributed by atoms with Crippen LogP contribution in [-0.2, 0) is 0 Å². The third kappa shape index (κ3) is 4.56. The molecule has 10 aromatic rings. The van der Waals surface area contributed by atoms with Crippen molar-refractivity contribution in [1.82, 2.24) is 9.88 Å². The topological polar surface area (TPSA) is 54.8 Å². The van der Waals surface area contributed by atoms with Crippen molar-refractivity contribution >= 4 is 77.0 Å². The minimum Gasteiger partial charge on any atom is -0.456 e. The molecule has 1 aliphatic heterocycles. The zero-order chi connectivity index (χ0) is 34.2. The van der Waals surface area contributed by atoms with E-state index in [0.29, 0.717) is 5.84 Å². The van der Waals surface area contributed by atoms with E-state index in [4.69, 9.17) is 14.4 Å². The Morgan fingerprint density at radius 2 is 1.08 bits per heavy atom. The number of aromatic nitrogens is 1. The van der Waals surface area contributed by atoms with E-state index in [1.807, 2.05) is 0 Å². The number of furan rings is 1. The van der Waals surface area contributed by atoms with Crippen LogP contribution in [0, 0.1) is 0 Å². The molecule has 3 heterocycles. The second kappa shape index (κ2) is 11.3. The summed E-state index contributed by atoms with van der Waals surface area (Å²) in [5.41, 5.74) is 8.06. The summed E-state index contributed by atoms with van der Waals surface area (Å²) in [7, 11) is 0. The fourth-order valence-corrected chi connectivity index (χ4v) is 7.86. The smallest absolute Gasteiger partial charge is 0.159 e. The molecule has 0 amide bonds. The van der Waals surface area contributed by atoms with Crippen LogP contribution in [-0.4, -0.2) is 16.2 Å². The number of hydrogen-bond acceptors (Lipinski definition) is 4. The Labute approximate surface area is 298 Å². The summed E-state index contributed by atoms with van der Waals surface area (Å²) in [5.74, 6) is 1.45. The van der Waals surface area contributed by atoms with Crippen molar-refractivity contribution < 1.29 is 4.42 Å². The van der Waals surface area contributed by atoms with Crippen LogP contribution in [0.1, 0.15) is 22.9 Å². The molecular formula is C47H30N4O. The molecular weight excluding hydrogens is 637 g/mol. The molecule has 0 spiro atoms. The maximum absolute atomic E-state index is 6.64. The number of nitrogens with one attached hydrogen (secondary N) is 1. The molecule has 0 saturated carbocycles. The lowest BCUT2D eigenvalue weighted by Crippen LogP contribution is -2.33.